The number of phosphoric acid groups is 3. The molecule has 8 N–H and O–H groups in total. The molecule has 204 valence electrons. The lowest BCUT2D eigenvalue weighted by atomic mass is 10.1. The highest BCUT2D eigenvalue weighted by atomic mass is 33.1. The summed E-state index contributed by atoms with van der Waals surface area (Å²) in [5, 5.41) is 0. The van der Waals surface area contributed by atoms with Crippen LogP contribution in [0.15, 0.2) is 11.0 Å². The predicted molar refractivity (Wildman–Crippen MR) is 128 cm³/mol. The molecule has 2 rings (SSSR count). The molecule has 0 aromatic carbocycles. The highest BCUT2D eigenvalue weighted by Gasteiger charge is 2.44. The van der Waals surface area contributed by atoms with E-state index in [4.69, 9.17) is 30.7 Å². The van der Waals surface area contributed by atoms with Crippen molar-refractivity contribution in [3.05, 3.63) is 22.2 Å². The molecule has 1 aliphatic heterocycles. The lowest BCUT2D eigenvalue weighted by Crippen LogP contribution is -2.39. The van der Waals surface area contributed by atoms with Crippen LogP contribution >= 0.6 is 45.1 Å². The molecular weight excluding hydrogens is 589 g/mol. The van der Waals surface area contributed by atoms with Crippen LogP contribution < -0.4 is 17.2 Å². The maximum atomic E-state index is 12.5. The quantitative estimate of drug-likeness (QED) is 0.0585. The van der Waals surface area contributed by atoms with Crippen molar-refractivity contribution in [2.75, 3.05) is 37.7 Å². The Morgan fingerprint density at radius 2 is 1.94 bits per heavy atom. The van der Waals surface area contributed by atoms with Gasteiger partial charge >= 0.3 is 29.2 Å². The minimum absolute atomic E-state index is 0.0332. The number of nitrogen functional groups attached to an aromatic ring is 1. The summed E-state index contributed by atoms with van der Waals surface area (Å²) in [6.45, 7) is -0.870. The molecule has 3 unspecified atom stereocenters. The summed E-state index contributed by atoms with van der Waals surface area (Å²) in [4.78, 5) is 52.5. The minimum Gasteiger partial charge on any atom is -0.382 e. The lowest BCUT2D eigenvalue weighted by molar-refractivity contribution is -0.0229. The molecule has 5 atom stereocenters. The van der Waals surface area contributed by atoms with Crippen LogP contribution in [0, 0.1) is 11.8 Å². The van der Waals surface area contributed by atoms with E-state index >= 15 is 0 Å². The highest BCUT2D eigenvalue weighted by Crippen LogP contribution is 2.66. The average Bonchev–Trinajstić information content (AvgIpc) is 3.12. The topological polar surface area (TPSA) is 265 Å². The van der Waals surface area contributed by atoms with Gasteiger partial charge in [0.2, 0.25) is 0 Å². The Balaban J connectivity index is 2.23. The smallest absolute Gasteiger partial charge is 0.382 e. The molecule has 17 nitrogen and oxygen atoms in total. The molecule has 0 radical (unpaired) electrons. The third kappa shape index (κ3) is 9.84. The van der Waals surface area contributed by atoms with Crippen molar-refractivity contribution in [1.29, 1.82) is 0 Å². The van der Waals surface area contributed by atoms with Gasteiger partial charge in [0.25, 0.3) is 0 Å². The summed E-state index contributed by atoms with van der Waals surface area (Å²) >= 11 is 0. The van der Waals surface area contributed by atoms with Gasteiger partial charge in [-0.15, -0.1) is 0 Å². The summed E-state index contributed by atoms with van der Waals surface area (Å²) < 4.78 is 58.8. The second-order valence-electron chi connectivity index (χ2n) is 6.60. The van der Waals surface area contributed by atoms with E-state index in [1.807, 2.05) is 0 Å². The first-order chi connectivity index (χ1) is 16.7. The van der Waals surface area contributed by atoms with Crippen molar-refractivity contribution in [3.8, 4) is 11.8 Å². The number of hydrogen-bond acceptors (Lipinski definition) is 14. The summed E-state index contributed by atoms with van der Waals surface area (Å²) in [6, 6.07) is -0.819. The van der Waals surface area contributed by atoms with Gasteiger partial charge in [-0.05, 0) is 6.26 Å². The van der Waals surface area contributed by atoms with E-state index < -0.39 is 54.0 Å². The number of nitrogens with two attached hydrogens (primary N) is 2. The minimum atomic E-state index is -5.69. The molecular formula is C14H23N4O13P3S2. The van der Waals surface area contributed by atoms with Gasteiger partial charge in [0, 0.05) is 6.20 Å². The van der Waals surface area contributed by atoms with Gasteiger partial charge < -0.3 is 40.5 Å². The Morgan fingerprint density at radius 1 is 1.25 bits per heavy atom. The predicted octanol–water partition coefficient (Wildman–Crippen LogP) is -0.227. The van der Waals surface area contributed by atoms with E-state index in [0.29, 0.717) is 0 Å². The van der Waals surface area contributed by atoms with Gasteiger partial charge in [-0.2, -0.15) is 13.6 Å². The van der Waals surface area contributed by atoms with E-state index in [1.165, 1.54) is 27.8 Å². The van der Waals surface area contributed by atoms with Crippen molar-refractivity contribution >= 4 is 50.9 Å². The summed E-state index contributed by atoms with van der Waals surface area (Å²) in [5.74, 6) is 5.27. The van der Waals surface area contributed by atoms with Gasteiger partial charge in [-0.25, -0.2) is 18.5 Å². The van der Waals surface area contributed by atoms with Gasteiger partial charge in [0.1, 0.15) is 24.0 Å². The lowest BCUT2D eigenvalue weighted by Gasteiger charge is -2.25. The summed E-state index contributed by atoms with van der Waals surface area (Å²) in [7, 11) is -13.9. The highest BCUT2D eigenvalue weighted by molar-refractivity contribution is 8.76. The molecule has 0 spiro atoms. The van der Waals surface area contributed by atoms with E-state index in [-0.39, 0.29) is 30.5 Å². The number of rotatable bonds is 12. The molecule has 0 amide bonds. The summed E-state index contributed by atoms with van der Waals surface area (Å²) in [5.41, 5.74) is 10.6. The van der Waals surface area contributed by atoms with Crippen molar-refractivity contribution in [3.63, 3.8) is 0 Å². The zero-order chi connectivity index (χ0) is 27.1. The van der Waals surface area contributed by atoms with Gasteiger partial charge in [-0.1, -0.05) is 33.4 Å². The van der Waals surface area contributed by atoms with Gasteiger partial charge in [-0.3, -0.25) is 9.09 Å². The van der Waals surface area contributed by atoms with Crippen LogP contribution in [-0.4, -0.2) is 73.3 Å². The molecule has 0 aliphatic carbocycles. The van der Waals surface area contributed by atoms with Gasteiger partial charge in [0.05, 0.1) is 31.4 Å². The van der Waals surface area contributed by atoms with Crippen LogP contribution in [0.2, 0.25) is 0 Å². The molecule has 1 saturated heterocycles. The fourth-order valence-corrected chi connectivity index (χ4v) is 6.64. The zero-order valence-corrected chi connectivity index (χ0v) is 22.6. The Bertz CT molecular complexity index is 1180. The molecule has 1 aliphatic rings. The van der Waals surface area contributed by atoms with Crippen LogP contribution in [0.4, 0.5) is 5.82 Å². The number of aromatic nitrogens is 2. The van der Waals surface area contributed by atoms with Crippen molar-refractivity contribution < 1.29 is 55.9 Å². The SMILES string of the molecule is CSSCO[C@H]1C(n2cc(C#CCN)c(N)nc2=O)CO[C@@H]1COP(=O)(O)OP(=O)(O)OP(=O)(O)O. The molecule has 0 bridgehead atoms. The monoisotopic (exact) mass is 612 g/mol. The zero-order valence-electron chi connectivity index (χ0n) is 18.3. The fourth-order valence-electron chi connectivity index (χ4n) is 2.85. The van der Waals surface area contributed by atoms with Crippen LogP contribution in [0.1, 0.15) is 11.6 Å². The first-order valence-electron chi connectivity index (χ1n) is 9.43. The normalized spacial score (nSPS) is 23.4. The van der Waals surface area contributed by atoms with Gasteiger partial charge in [0.15, 0.2) is 0 Å². The Labute approximate surface area is 212 Å². The standard InChI is InChI=1S/C14H23N4O13P3S2/c1-35-36-8-28-12-10(18-5-9(3-2-4-15)13(16)17-14(18)19)6-27-11(12)7-29-33(23,24)31-34(25,26)30-32(20,21)22/h5,10-12H,4,6-8,15H2,1H3,(H,23,24)(H,25,26)(H2,16,17,19)(H2,20,21,22)/t10?,11-,12+/m1/s1. The molecule has 1 aromatic rings. The second-order valence-corrected chi connectivity index (χ2v) is 13.5. The largest absolute Gasteiger partial charge is 0.490 e. The van der Waals surface area contributed by atoms with Crippen LogP contribution in [0.5, 0.6) is 0 Å². The Hall–Kier alpha value is -0.770. The van der Waals surface area contributed by atoms with Crippen molar-refractivity contribution in [2.24, 2.45) is 5.73 Å². The van der Waals surface area contributed by atoms with E-state index in [9.17, 15) is 28.3 Å². The average molecular weight is 612 g/mol. The molecule has 2 heterocycles. The van der Waals surface area contributed by atoms with Crippen LogP contribution in [0.25, 0.3) is 0 Å². The second kappa shape index (κ2) is 13.3. The molecule has 0 saturated carbocycles. The number of hydrogen-bond donors (Lipinski definition) is 6. The Morgan fingerprint density at radius 3 is 2.56 bits per heavy atom. The van der Waals surface area contributed by atoms with E-state index in [1.54, 1.807) is 6.26 Å². The van der Waals surface area contributed by atoms with E-state index in [2.05, 4.69) is 30.0 Å². The maximum Gasteiger partial charge on any atom is 0.490 e. The van der Waals surface area contributed by atoms with E-state index in [0.717, 1.165) is 4.57 Å². The molecule has 1 fully saturated rings. The molecule has 36 heavy (non-hydrogen) atoms. The number of ether oxygens (including phenoxy) is 2. The maximum absolute atomic E-state index is 12.5. The first kappa shape index (κ1) is 31.4. The fraction of sp³-hybridized carbons (Fsp3) is 0.571. The third-order valence-electron chi connectivity index (χ3n) is 4.13. The summed E-state index contributed by atoms with van der Waals surface area (Å²) in [6.07, 6.45) is 1.06. The number of nitrogens with zero attached hydrogens (tertiary/aromatic N) is 2. The van der Waals surface area contributed by atoms with Crippen molar-refractivity contribution in [2.45, 2.75) is 18.2 Å². The number of anilines is 1. The molecule has 22 heteroatoms. The van der Waals surface area contributed by atoms with Crippen LogP contribution in [-0.2, 0) is 36.3 Å². The number of phosphoric ester groups is 1. The van der Waals surface area contributed by atoms with Crippen LogP contribution in [0.3, 0.4) is 0 Å². The molecule has 1 aromatic heterocycles. The first-order valence-corrected chi connectivity index (χ1v) is 16.7. The van der Waals surface area contributed by atoms with Crippen molar-refractivity contribution in [1.82, 2.24) is 9.55 Å². The Kier molecular flexibility index (Phi) is 11.7. The third-order valence-corrected chi connectivity index (χ3v) is 9.40.